The molecule has 0 bridgehead atoms. The van der Waals surface area contributed by atoms with Crippen LogP contribution >= 0.6 is 0 Å². The maximum atomic E-state index is 1.95. The minimum absolute atomic E-state index is 0. The van der Waals surface area contributed by atoms with Gasteiger partial charge in [-0.15, -0.1) is 0 Å². The van der Waals surface area contributed by atoms with Crippen LogP contribution in [0.4, 0.5) is 0 Å². The standard InChI is InChI=1S/2C12H21.Pd/c2*1-3-7-11(8-4-1)12-9-5-2-6-10-12;/h2*11H,1-10H2;/q2*-1;+2. The molecule has 0 atom stereocenters. The molecule has 0 aromatic carbocycles. The van der Waals surface area contributed by atoms with Crippen LogP contribution in [0.2, 0.25) is 0 Å². The first-order chi connectivity index (χ1) is 11.9. The third-order valence-electron chi connectivity index (χ3n) is 7.36. The molecule has 4 rings (SSSR count). The predicted molar refractivity (Wildman–Crippen MR) is 106 cm³/mol. The van der Waals surface area contributed by atoms with Gasteiger partial charge in [-0.05, 0) is 0 Å². The van der Waals surface area contributed by atoms with E-state index in [4.69, 9.17) is 0 Å². The second-order valence-electron chi connectivity index (χ2n) is 9.11. The molecule has 0 aliphatic heterocycles. The van der Waals surface area contributed by atoms with Crippen LogP contribution in [0.25, 0.3) is 0 Å². The molecule has 0 nitrogen and oxygen atoms in total. The monoisotopic (exact) mass is 436 g/mol. The van der Waals surface area contributed by atoms with Crippen LogP contribution in [-0.4, -0.2) is 0 Å². The summed E-state index contributed by atoms with van der Waals surface area (Å²) in [7, 11) is 0. The van der Waals surface area contributed by atoms with Crippen molar-refractivity contribution in [2.24, 2.45) is 11.8 Å². The van der Waals surface area contributed by atoms with Gasteiger partial charge in [0, 0.05) is 0 Å². The summed E-state index contributed by atoms with van der Waals surface area (Å²) in [6, 6.07) is 0. The van der Waals surface area contributed by atoms with Gasteiger partial charge in [-0.25, -0.2) is 0 Å². The summed E-state index contributed by atoms with van der Waals surface area (Å²) < 4.78 is 0. The van der Waals surface area contributed by atoms with Crippen molar-refractivity contribution in [2.75, 3.05) is 0 Å². The molecule has 0 saturated heterocycles. The van der Waals surface area contributed by atoms with Crippen LogP contribution in [0.3, 0.4) is 0 Å². The van der Waals surface area contributed by atoms with Gasteiger partial charge in [0.1, 0.15) is 0 Å². The largest absolute Gasteiger partial charge is 2.00 e. The van der Waals surface area contributed by atoms with Gasteiger partial charge in [-0.1, -0.05) is 103 Å². The van der Waals surface area contributed by atoms with Crippen molar-refractivity contribution in [3.63, 3.8) is 0 Å². The first kappa shape index (κ1) is 22.0. The minimum Gasteiger partial charge on any atom is -0.311 e. The third kappa shape index (κ3) is 7.66. The van der Waals surface area contributed by atoms with Crippen LogP contribution in [0.1, 0.15) is 128 Å². The molecule has 25 heavy (non-hydrogen) atoms. The Morgan fingerprint density at radius 1 is 0.360 bits per heavy atom. The average molecular weight is 437 g/mol. The Kier molecular flexibility index (Phi) is 11.4. The molecule has 0 unspecified atom stereocenters. The van der Waals surface area contributed by atoms with Crippen molar-refractivity contribution in [3.8, 4) is 0 Å². The topological polar surface area (TPSA) is 0 Å². The van der Waals surface area contributed by atoms with E-state index in [0.29, 0.717) is 0 Å². The first-order valence-corrected chi connectivity index (χ1v) is 11.6. The predicted octanol–water partition coefficient (Wildman–Crippen LogP) is 8.21. The summed E-state index contributed by atoms with van der Waals surface area (Å²) in [6.45, 7) is 0. The molecule has 0 aromatic heterocycles. The van der Waals surface area contributed by atoms with E-state index in [1.54, 1.807) is 0 Å². The van der Waals surface area contributed by atoms with E-state index in [1.807, 2.05) is 11.8 Å². The Bertz CT molecular complexity index is 238. The summed E-state index contributed by atoms with van der Waals surface area (Å²) in [6.07, 6.45) is 30.0. The fourth-order valence-corrected chi connectivity index (χ4v) is 5.85. The van der Waals surface area contributed by atoms with Crippen LogP contribution in [0, 0.1) is 23.7 Å². The normalized spacial score (nSPS) is 27.8. The van der Waals surface area contributed by atoms with Gasteiger partial charge in [0.2, 0.25) is 0 Å². The van der Waals surface area contributed by atoms with Crippen LogP contribution < -0.4 is 0 Å². The Morgan fingerprint density at radius 2 is 0.640 bits per heavy atom. The van der Waals surface area contributed by atoms with Crippen molar-refractivity contribution in [1.82, 2.24) is 0 Å². The second-order valence-corrected chi connectivity index (χ2v) is 9.11. The second kappa shape index (κ2) is 12.9. The summed E-state index contributed by atoms with van der Waals surface area (Å²) >= 11 is 0. The van der Waals surface area contributed by atoms with Crippen molar-refractivity contribution in [2.45, 2.75) is 128 Å². The number of rotatable bonds is 2. The zero-order chi connectivity index (χ0) is 16.5. The van der Waals surface area contributed by atoms with Crippen LogP contribution in [-0.2, 0) is 20.4 Å². The van der Waals surface area contributed by atoms with Gasteiger partial charge in [0.25, 0.3) is 0 Å². The third-order valence-corrected chi connectivity index (χ3v) is 7.36. The maximum Gasteiger partial charge on any atom is 2.00 e. The van der Waals surface area contributed by atoms with E-state index in [2.05, 4.69) is 0 Å². The molecule has 0 N–H and O–H groups in total. The quantitative estimate of drug-likeness (QED) is 0.302. The zero-order valence-electron chi connectivity index (χ0n) is 16.6. The Labute approximate surface area is 172 Å². The molecule has 0 heterocycles. The van der Waals surface area contributed by atoms with Gasteiger partial charge in [-0.3, -0.25) is 0 Å². The van der Waals surface area contributed by atoms with E-state index < -0.39 is 0 Å². The van der Waals surface area contributed by atoms with Gasteiger partial charge in [0.15, 0.2) is 0 Å². The molecular weight excluding hydrogens is 395 g/mol. The van der Waals surface area contributed by atoms with Gasteiger partial charge in [-0.2, -0.15) is 37.5 Å². The van der Waals surface area contributed by atoms with Crippen molar-refractivity contribution < 1.29 is 20.4 Å². The van der Waals surface area contributed by atoms with Gasteiger partial charge in [0.05, 0.1) is 0 Å². The fraction of sp³-hybridized carbons (Fsp3) is 0.917. The van der Waals surface area contributed by atoms with E-state index >= 15 is 0 Å². The molecule has 4 aliphatic carbocycles. The molecule has 0 amide bonds. The summed E-state index contributed by atoms with van der Waals surface area (Å²) in [4.78, 5) is 0. The van der Waals surface area contributed by atoms with E-state index in [1.165, 1.54) is 128 Å². The molecular formula is C24H42Pd. The number of hydrogen-bond donors (Lipinski definition) is 0. The van der Waals surface area contributed by atoms with Crippen LogP contribution in [0.5, 0.6) is 0 Å². The summed E-state index contributed by atoms with van der Waals surface area (Å²) in [5, 5.41) is 0. The molecule has 1 heteroatoms. The smallest absolute Gasteiger partial charge is 0.311 e. The maximum absolute atomic E-state index is 1.95. The number of hydrogen-bond acceptors (Lipinski definition) is 0. The molecule has 0 aromatic rings. The minimum atomic E-state index is 0. The zero-order valence-corrected chi connectivity index (χ0v) is 18.2. The molecule has 4 aliphatic rings. The summed E-state index contributed by atoms with van der Waals surface area (Å²) in [5.74, 6) is 6.00. The summed E-state index contributed by atoms with van der Waals surface area (Å²) in [5.41, 5.74) is 0. The van der Waals surface area contributed by atoms with Gasteiger partial charge >= 0.3 is 20.4 Å². The van der Waals surface area contributed by atoms with E-state index in [0.717, 1.165) is 11.8 Å². The first-order valence-electron chi connectivity index (χ1n) is 11.6. The average Bonchev–Trinajstić information content (AvgIpc) is 2.71. The SMILES string of the molecule is C1CC[C-](C2CCCCC2)CC1.C1CC[C-](C2CCCCC2)CC1.[Pd+2]. The molecule has 4 fully saturated rings. The Hall–Kier alpha value is 0.662. The molecule has 0 radical (unpaired) electrons. The van der Waals surface area contributed by atoms with Crippen molar-refractivity contribution >= 4 is 0 Å². The van der Waals surface area contributed by atoms with Crippen molar-refractivity contribution in [3.05, 3.63) is 11.8 Å². The van der Waals surface area contributed by atoms with Crippen molar-refractivity contribution in [1.29, 1.82) is 0 Å². The van der Waals surface area contributed by atoms with Gasteiger partial charge < -0.3 is 11.8 Å². The van der Waals surface area contributed by atoms with E-state index in [-0.39, 0.29) is 20.4 Å². The molecule has 4 saturated carbocycles. The Balaban J connectivity index is 0.000000173. The molecule has 0 spiro atoms. The van der Waals surface area contributed by atoms with E-state index in [9.17, 15) is 0 Å². The fourth-order valence-electron chi connectivity index (χ4n) is 5.85. The Morgan fingerprint density at radius 3 is 0.960 bits per heavy atom. The van der Waals surface area contributed by atoms with Crippen LogP contribution in [0.15, 0.2) is 0 Å². The molecule has 148 valence electrons.